The van der Waals surface area contributed by atoms with E-state index in [-0.39, 0.29) is 0 Å². The number of aromatic nitrogens is 1. The van der Waals surface area contributed by atoms with Gasteiger partial charge in [0.05, 0.1) is 0 Å². The summed E-state index contributed by atoms with van der Waals surface area (Å²) in [7, 11) is 0. The van der Waals surface area contributed by atoms with E-state index < -0.39 is 0 Å². The van der Waals surface area contributed by atoms with Crippen LogP contribution in [0.25, 0.3) is 0 Å². The molecule has 0 atom stereocenters. The molecule has 2 aromatic rings. The zero-order chi connectivity index (χ0) is 13.2. The summed E-state index contributed by atoms with van der Waals surface area (Å²) in [6.07, 6.45) is 7.20. The molecule has 98 valence electrons. The van der Waals surface area contributed by atoms with Gasteiger partial charge in [0.1, 0.15) is 0 Å². The molecule has 0 amide bonds. The van der Waals surface area contributed by atoms with E-state index in [4.69, 9.17) is 0 Å². The molecular weight excluding hydrogens is 234 g/mol. The second-order valence-corrected chi connectivity index (χ2v) is 5.38. The Morgan fingerprint density at radius 3 is 2.47 bits per heavy atom. The summed E-state index contributed by atoms with van der Waals surface area (Å²) in [4.78, 5) is 11.9. The first-order valence-corrected chi connectivity index (χ1v) is 7.04. The van der Waals surface area contributed by atoms with E-state index in [1.807, 2.05) is 18.5 Å². The van der Waals surface area contributed by atoms with Gasteiger partial charge in [-0.2, -0.15) is 0 Å². The highest BCUT2D eigenvalue weighted by atomic mass is 16.1. The molecule has 1 saturated carbocycles. The average molecular weight is 253 g/mol. The summed E-state index contributed by atoms with van der Waals surface area (Å²) >= 11 is 0. The van der Waals surface area contributed by atoms with Gasteiger partial charge < -0.3 is 4.57 Å². The Labute approximate surface area is 114 Å². The fraction of sp³-hybridized carbons (Fsp3) is 0.353. The molecule has 1 aromatic carbocycles. The Morgan fingerprint density at radius 2 is 1.84 bits per heavy atom. The number of rotatable bonds is 5. The van der Waals surface area contributed by atoms with Crippen LogP contribution in [-0.2, 0) is 13.0 Å². The van der Waals surface area contributed by atoms with E-state index in [2.05, 4.69) is 35.8 Å². The van der Waals surface area contributed by atoms with Crippen molar-refractivity contribution in [3.63, 3.8) is 0 Å². The van der Waals surface area contributed by atoms with Crippen molar-refractivity contribution >= 4 is 5.78 Å². The third kappa shape index (κ3) is 2.78. The molecule has 0 radical (unpaired) electrons. The van der Waals surface area contributed by atoms with Gasteiger partial charge in [-0.3, -0.25) is 4.79 Å². The number of nitrogens with zero attached hydrogens (tertiary/aromatic N) is 1. The van der Waals surface area contributed by atoms with E-state index in [0.29, 0.717) is 11.7 Å². The quantitative estimate of drug-likeness (QED) is 0.745. The van der Waals surface area contributed by atoms with Crippen molar-refractivity contribution < 1.29 is 4.79 Å². The lowest BCUT2D eigenvalue weighted by Crippen LogP contribution is -2.00. The molecule has 2 nitrogen and oxygen atoms in total. The van der Waals surface area contributed by atoms with Gasteiger partial charge in [0.2, 0.25) is 0 Å². The van der Waals surface area contributed by atoms with Gasteiger partial charge in [-0.1, -0.05) is 31.2 Å². The topological polar surface area (TPSA) is 22.0 Å². The molecule has 3 rings (SSSR count). The zero-order valence-corrected chi connectivity index (χ0v) is 11.3. The van der Waals surface area contributed by atoms with Crippen LogP contribution in [0, 0.1) is 5.92 Å². The van der Waals surface area contributed by atoms with Gasteiger partial charge in [-0.15, -0.1) is 0 Å². The second kappa shape index (κ2) is 5.04. The number of carbonyl (C=O) groups is 1. The summed E-state index contributed by atoms with van der Waals surface area (Å²) < 4.78 is 2.09. The molecular formula is C17H19NO. The Bertz CT molecular complexity index is 576. The van der Waals surface area contributed by atoms with Gasteiger partial charge in [-0.25, -0.2) is 0 Å². The van der Waals surface area contributed by atoms with E-state index in [1.165, 1.54) is 11.1 Å². The van der Waals surface area contributed by atoms with Crippen molar-refractivity contribution in [2.45, 2.75) is 32.7 Å². The Kier molecular flexibility index (Phi) is 3.24. The molecule has 1 aromatic heterocycles. The van der Waals surface area contributed by atoms with E-state index in [0.717, 1.165) is 31.4 Å². The van der Waals surface area contributed by atoms with Crippen molar-refractivity contribution in [1.29, 1.82) is 0 Å². The fourth-order valence-corrected chi connectivity index (χ4v) is 2.36. The Balaban J connectivity index is 1.70. The monoisotopic (exact) mass is 253 g/mol. The highest BCUT2D eigenvalue weighted by Gasteiger charge is 2.30. The zero-order valence-electron chi connectivity index (χ0n) is 11.3. The first-order chi connectivity index (χ1) is 9.26. The van der Waals surface area contributed by atoms with Crippen molar-refractivity contribution in [3.05, 3.63) is 59.4 Å². The molecule has 0 spiro atoms. The third-order valence-electron chi connectivity index (χ3n) is 3.78. The number of ketones is 1. The van der Waals surface area contributed by atoms with Gasteiger partial charge in [0.15, 0.2) is 5.78 Å². The van der Waals surface area contributed by atoms with Crippen LogP contribution >= 0.6 is 0 Å². The number of benzene rings is 1. The van der Waals surface area contributed by atoms with Crippen LogP contribution < -0.4 is 0 Å². The van der Waals surface area contributed by atoms with Crippen LogP contribution in [0.15, 0.2) is 42.7 Å². The van der Waals surface area contributed by atoms with Gasteiger partial charge in [0.25, 0.3) is 0 Å². The minimum Gasteiger partial charge on any atom is -0.349 e. The minimum absolute atomic E-state index is 0.305. The number of aryl methyl sites for hydroxylation is 1. The van der Waals surface area contributed by atoms with Crippen molar-refractivity contribution in [2.75, 3.05) is 0 Å². The largest absolute Gasteiger partial charge is 0.349 e. The maximum atomic E-state index is 11.9. The number of hydrogen-bond donors (Lipinski definition) is 0. The normalized spacial score (nSPS) is 14.6. The van der Waals surface area contributed by atoms with E-state index >= 15 is 0 Å². The number of hydrogen-bond acceptors (Lipinski definition) is 1. The Morgan fingerprint density at radius 1 is 1.16 bits per heavy atom. The van der Waals surface area contributed by atoms with Crippen LogP contribution in [-0.4, -0.2) is 10.4 Å². The van der Waals surface area contributed by atoms with Crippen molar-refractivity contribution in [3.8, 4) is 0 Å². The van der Waals surface area contributed by atoms with Gasteiger partial charge in [0, 0.05) is 30.4 Å². The second-order valence-electron chi connectivity index (χ2n) is 5.38. The molecule has 0 N–H and O–H groups in total. The molecule has 0 aliphatic heterocycles. The summed E-state index contributed by atoms with van der Waals surface area (Å²) in [5.74, 6) is 0.625. The maximum absolute atomic E-state index is 11.9. The predicted octanol–water partition coefficient (Wildman–Crippen LogP) is 3.69. The highest BCUT2D eigenvalue weighted by Crippen LogP contribution is 2.32. The molecule has 1 heterocycles. The molecule has 0 bridgehead atoms. The van der Waals surface area contributed by atoms with Crippen LogP contribution in [0.2, 0.25) is 0 Å². The highest BCUT2D eigenvalue weighted by molar-refractivity contribution is 5.99. The average Bonchev–Trinajstić information content (AvgIpc) is 3.19. The molecule has 2 heteroatoms. The number of carbonyl (C=O) groups excluding carboxylic acids is 1. The predicted molar refractivity (Wildman–Crippen MR) is 76.4 cm³/mol. The lowest BCUT2D eigenvalue weighted by Gasteiger charge is -2.04. The molecule has 19 heavy (non-hydrogen) atoms. The molecule has 0 saturated heterocycles. The van der Waals surface area contributed by atoms with Crippen LogP contribution in [0.1, 0.15) is 41.3 Å². The molecule has 0 unspecified atom stereocenters. The van der Waals surface area contributed by atoms with Crippen LogP contribution in [0.5, 0.6) is 0 Å². The first-order valence-electron chi connectivity index (χ1n) is 7.04. The van der Waals surface area contributed by atoms with Crippen LogP contribution in [0.3, 0.4) is 0 Å². The SMILES string of the molecule is CCc1ccc(Cn2ccc(C(=O)C3CC3)c2)cc1. The van der Waals surface area contributed by atoms with Crippen molar-refractivity contribution in [2.24, 2.45) is 5.92 Å². The Hall–Kier alpha value is -1.83. The summed E-state index contributed by atoms with van der Waals surface area (Å²) in [5.41, 5.74) is 3.51. The van der Waals surface area contributed by atoms with Crippen molar-refractivity contribution in [1.82, 2.24) is 4.57 Å². The fourth-order valence-electron chi connectivity index (χ4n) is 2.36. The first kappa shape index (κ1) is 12.2. The molecule has 1 aliphatic carbocycles. The lowest BCUT2D eigenvalue weighted by molar-refractivity contribution is 0.0967. The summed E-state index contributed by atoms with van der Waals surface area (Å²) in [6.45, 7) is 3.00. The summed E-state index contributed by atoms with van der Waals surface area (Å²) in [5, 5.41) is 0. The van der Waals surface area contributed by atoms with E-state index in [9.17, 15) is 4.79 Å². The number of Topliss-reactive ketones (excluding diaryl/α,β-unsaturated/α-hetero) is 1. The van der Waals surface area contributed by atoms with Gasteiger partial charge >= 0.3 is 0 Å². The minimum atomic E-state index is 0.305. The van der Waals surface area contributed by atoms with Gasteiger partial charge in [-0.05, 0) is 36.5 Å². The maximum Gasteiger partial charge on any atom is 0.167 e. The van der Waals surface area contributed by atoms with E-state index in [1.54, 1.807) is 0 Å². The smallest absolute Gasteiger partial charge is 0.167 e. The lowest BCUT2D eigenvalue weighted by atomic mass is 10.1. The van der Waals surface area contributed by atoms with Crippen LogP contribution in [0.4, 0.5) is 0 Å². The molecule has 1 aliphatic rings. The standard InChI is InChI=1S/C17H19NO/c1-2-13-3-5-14(6-4-13)11-18-10-9-16(12-18)17(19)15-7-8-15/h3-6,9-10,12,15H,2,7-8,11H2,1H3. The molecule has 1 fully saturated rings. The summed E-state index contributed by atoms with van der Waals surface area (Å²) in [6, 6.07) is 10.6. The third-order valence-corrected chi connectivity index (χ3v) is 3.78.